The van der Waals surface area contributed by atoms with Crippen molar-refractivity contribution in [3.05, 3.63) is 29.8 Å². The highest BCUT2D eigenvalue weighted by Crippen LogP contribution is 2.37. The van der Waals surface area contributed by atoms with Crippen LogP contribution in [0.1, 0.15) is 44.6 Å². The van der Waals surface area contributed by atoms with Crippen molar-refractivity contribution in [2.75, 3.05) is 0 Å². The van der Waals surface area contributed by atoms with Gasteiger partial charge in [-0.05, 0) is 37.5 Å². The Kier molecular flexibility index (Phi) is 3.90. The summed E-state index contributed by atoms with van der Waals surface area (Å²) in [4.78, 5) is 12.1. The van der Waals surface area contributed by atoms with Crippen LogP contribution in [0.5, 0.6) is 5.75 Å². The minimum atomic E-state index is -0.296. The average molecular weight is 248 g/mol. The molecule has 0 aliphatic heterocycles. The van der Waals surface area contributed by atoms with Crippen molar-refractivity contribution < 1.29 is 14.6 Å². The molecule has 2 rings (SSSR count). The van der Waals surface area contributed by atoms with Crippen molar-refractivity contribution in [3.8, 4) is 5.75 Å². The summed E-state index contributed by atoms with van der Waals surface area (Å²) in [5.74, 6) is 0.139. The molecule has 1 aliphatic carbocycles. The number of hydrogen-bond acceptors (Lipinski definition) is 3. The van der Waals surface area contributed by atoms with Crippen molar-refractivity contribution in [1.29, 1.82) is 0 Å². The summed E-state index contributed by atoms with van der Waals surface area (Å²) in [5, 5.41) is 9.17. The van der Waals surface area contributed by atoms with Gasteiger partial charge in [-0.15, -0.1) is 0 Å². The molecule has 1 N–H and O–H groups in total. The van der Waals surface area contributed by atoms with Crippen LogP contribution in [0.3, 0.4) is 0 Å². The molecule has 1 aliphatic rings. The molecule has 98 valence electrons. The van der Waals surface area contributed by atoms with Crippen LogP contribution in [0.2, 0.25) is 0 Å². The maximum atomic E-state index is 12.1. The van der Waals surface area contributed by atoms with Gasteiger partial charge in [-0.3, -0.25) is 4.79 Å². The van der Waals surface area contributed by atoms with Crippen LogP contribution in [0.4, 0.5) is 0 Å². The second kappa shape index (κ2) is 5.42. The van der Waals surface area contributed by atoms with Gasteiger partial charge in [-0.1, -0.05) is 31.4 Å². The van der Waals surface area contributed by atoms with Gasteiger partial charge in [0.2, 0.25) is 0 Å². The number of carbonyl (C=O) groups is 1. The number of aromatic hydroxyl groups is 1. The first-order valence-corrected chi connectivity index (χ1v) is 6.55. The van der Waals surface area contributed by atoms with E-state index in [4.69, 9.17) is 4.74 Å². The molecule has 0 amide bonds. The van der Waals surface area contributed by atoms with Crippen LogP contribution in [-0.2, 0) is 16.1 Å². The van der Waals surface area contributed by atoms with E-state index in [2.05, 4.69) is 0 Å². The van der Waals surface area contributed by atoms with Crippen LogP contribution in [-0.4, -0.2) is 11.1 Å². The van der Waals surface area contributed by atoms with Gasteiger partial charge in [0.25, 0.3) is 0 Å². The SMILES string of the molecule is CC1(C(=O)OCc2ccc(O)cc2)CCCCC1. The maximum absolute atomic E-state index is 12.1. The minimum Gasteiger partial charge on any atom is -0.508 e. The van der Waals surface area contributed by atoms with Gasteiger partial charge in [0.1, 0.15) is 12.4 Å². The van der Waals surface area contributed by atoms with Gasteiger partial charge in [0.15, 0.2) is 0 Å². The molecule has 0 radical (unpaired) electrons. The fourth-order valence-corrected chi connectivity index (χ4v) is 2.45. The second-order valence-electron chi connectivity index (χ2n) is 5.36. The summed E-state index contributed by atoms with van der Waals surface area (Å²) in [6, 6.07) is 6.74. The Bertz CT molecular complexity index is 402. The van der Waals surface area contributed by atoms with Crippen LogP contribution in [0, 0.1) is 5.41 Å². The quantitative estimate of drug-likeness (QED) is 0.834. The molecule has 1 aromatic rings. The lowest BCUT2D eigenvalue weighted by Crippen LogP contribution is -2.31. The van der Waals surface area contributed by atoms with Crippen LogP contribution in [0.25, 0.3) is 0 Å². The number of ether oxygens (including phenoxy) is 1. The third-order valence-corrected chi connectivity index (χ3v) is 3.76. The first-order chi connectivity index (χ1) is 8.60. The Morgan fingerprint density at radius 1 is 1.22 bits per heavy atom. The molecule has 3 nitrogen and oxygen atoms in total. The number of phenolic OH excluding ortho intramolecular Hbond substituents is 1. The minimum absolute atomic E-state index is 0.0877. The second-order valence-corrected chi connectivity index (χ2v) is 5.36. The number of carbonyl (C=O) groups excluding carboxylic acids is 1. The molecule has 0 saturated heterocycles. The molecule has 0 bridgehead atoms. The average Bonchev–Trinajstić information content (AvgIpc) is 2.38. The van der Waals surface area contributed by atoms with Gasteiger partial charge < -0.3 is 9.84 Å². The van der Waals surface area contributed by atoms with Crippen molar-refractivity contribution in [3.63, 3.8) is 0 Å². The molecular formula is C15H20O3. The topological polar surface area (TPSA) is 46.5 Å². The third kappa shape index (κ3) is 3.03. The largest absolute Gasteiger partial charge is 0.508 e. The van der Waals surface area contributed by atoms with E-state index in [1.807, 2.05) is 6.92 Å². The Hall–Kier alpha value is -1.51. The molecule has 1 saturated carbocycles. The molecule has 0 aromatic heterocycles. The molecular weight excluding hydrogens is 228 g/mol. The van der Waals surface area contributed by atoms with E-state index in [0.717, 1.165) is 31.2 Å². The zero-order valence-corrected chi connectivity index (χ0v) is 10.8. The van der Waals surface area contributed by atoms with Gasteiger partial charge in [0.05, 0.1) is 5.41 Å². The first kappa shape index (κ1) is 12.9. The fraction of sp³-hybridized carbons (Fsp3) is 0.533. The molecule has 1 fully saturated rings. The number of benzene rings is 1. The van der Waals surface area contributed by atoms with Gasteiger partial charge in [-0.25, -0.2) is 0 Å². The Labute approximate surface area is 108 Å². The van der Waals surface area contributed by atoms with E-state index in [9.17, 15) is 9.90 Å². The number of phenols is 1. The zero-order chi connectivity index (χ0) is 13.0. The summed E-state index contributed by atoms with van der Waals surface area (Å²) in [6.07, 6.45) is 5.32. The summed E-state index contributed by atoms with van der Waals surface area (Å²) >= 11 is 0. The van der Waals surface area contributed by atoms with E-state index in [1.54, 1.807) is 24.3 Å². The highest BCUT2D eigenvalue weighted by atomic mass is 16.5. The lowest BCUT2D eigenvalue weighted by atomic mass is 9.76. The third-order valence-electron chi connectivity index (χ3n) is 3.76. The normalized spacial score (nSPS) is 18.3. The summed E-state index contributed by atoms with van der Waals surface area (Å²) in [5.41, 5.74) is 0.607. The van der Waals surface area contributed by atoms with E-state index < -0.39 is 0 Å². The zero-order valence-electron chi connectivity index (χ0n) is 10.8. The Morgan fingerprint density at radius 2 is 1.83 bits per heavy atom. The van der Waals surface area contributed by atoms with Crippen LogP contribution in [0.15, 0.2) is 24.3 Å². The lowest BCUT2D eigenvalue weighted by molar-refractivity contribution is -0.158. The van der Waals surface area contributed by atoms with Crippen molar-refractivity contribution >= 4 is 5.97 Å². The summed E-state index contributed by atoms with van der Waals surface area (Å²) in [7, 11) is 0. The van der Waals surface area contributed by atoms with Crippen molar-refractivity contribution in [1.82, 2.24) is 0 Å². The molecule has 18 heavy (non-hydrogen) atoms. The predicted octanol–water partition coefficient (Wildman–Crippen LogP) is 3.41. The van der Waals surface area contributed by atoms with E-state index in [1.165, 1.54) is 6.42 Å². The van der Waals surface area contributed by atoms with Crippen molar-refractivity contribution in [2.45, 2.75) is 45.6 Å². The Morgan fingerprint density at radius 3 is 2.44 bits per heavy atom. The fourth-order valence-electron chi connectivity index (χ4n) is 2.45. The van der Waals surface area contributed by atoms with E-state index >= 15 is 0 Å². The number of hydrogen-bond donors (Lipinski definition) is 1. The first-order valence-electron chi connectivity index (χ1n) is 6.55. The summed E-state index contributed by atoms with van der Waals surface area (Å²) in [6.45, 7) is 2.29. The maximum Gasteiger partial charge on any atom is 0.312 e. The van der Waals surface area contributed by atoms with Gasteiger partial charge >= 0.3 is 5.97 Å². The summed E-state index contributed by atoms with van der Waals surface area (Å²) < 4.78 is 5.39. The molecule has 0 heterocycles. The van der Waals surface area contributed by atoms with E-state index in [-0.39, 0.29) is 23.7 Å². The number of esters is 1. The highest BCUT2D eigenvalue weighted by Gasteiger charge is 2.35. The highest BCUT2D eigenvalue weighted by molar-refractivity contribution is 5.76. The predicted molar refractivity (Wildman–Crippen MR) is 69.1 cm³/mol. The Balaban J connectivity index is 1.89. The molecule has 3 heteroatoms. The smallest absolute Gasteiger partial charge is 0.312 e. The standard InChI is InChI=1S/C15H20O3/c1-15(9-3-2-4-10-15)14(17)18-11-12-5-7-13(16)8-6-12/h5-8,16H,2-4,9-11H2,1H3. The molecule has 1 aromatic carbocycles. The van der Waals surface area contributed by atoms with Crippen molar-refractivity contribution in [2.24, 2.45) is 5.41 Å². The van der Waals surface area contributed by atoms with Gasteiger partial charge in [0, 0.05) is 0 Å². The van der Waals surface area contributed by atoms with Crippen LogP contribution < -0.4 is 0 Å². The number of rotatable bonds is 3. The molecule has 0 spiro atoms. The molecule has 0 atom stereocenters. The molecule has 0 unspecified atom stereocenters. The lowest BCUT2D eigenvalue weighted by Gasteiger charge is -2.30. The van der Waals surface area contributed by atoms with Crippen LogP contribution >= 0.6 is 0 Å². The van der Waals surface area contributed by atoms with Gasteiger partial charge in [-0.2, -0.15) is 0 Å². The monoisotopic (exact) mass is 248 g/mol. The van der Waals surface area contributed by atoms with E-state index in [0.29, 0.717) is 0 Å².